The summed E-state index contributed by atoms with van der Waals surface area (Å²) in [4.78, 5) is 21.8. The summed E-state index contributed by atoms with van der Waals surface area (Å²) in [6.45, 7) is 3.50. The number of nitrogens with zero attached hydrogens (tertiary/aromatic N) is 1. The van der Waals surface area contributed by atoms with Gasteiger partial charge in [0.2, 0.25) is 0 Å². The van der Waals surface area contributed by atoms with Crippen molar-refractivity contribution in [2.75, 3.05) is 5.73 Å². The van der Waals surface area contributed by atoms with Gasteiger partial charge in [-0.1, -0.05) is 11.6 Å². The Kier molecular flexibility index (Phi) is 6.37. The van der Waals surface area contributed by atoms with Crippen LogP contribution in [0.2, 0.25) is 5.02 Å². The highest BCUT2D eigenvalue weighted by Gasteiger charge is 2.11. The smallest absolute Gasteiger partial charge is 0.303 e. The molecule has 3 N–H and O–H groups in total. The number of halogens is 1. The molecule has 90 valence electrons. The quantitative estimate of drug-likeness (QED) is 0.632. The predicted octanol–water partition coefficient (Wildman–Crippen LogP) is 2.11. The number of nitrogen functional groups attached to an aromatic ring is 1. The summed E-state index contributed by atoms with van der Waals surface area (Å²) in [6.07, 6.45) is -0.248. The van der Waals surface area contributed by atoms with Gasteiger partial charge >= 0.3 is 5.97 Å². The predicted molar refractivity (Wildman–Crippen MR) is 63.7 cm³/mol. The van der Waals surface area contributed by atoms with E-state index in [1.54, 1.807) is 6.07 Å². The lowest BCUT2D eigenvalue weighted by Crippen LogP contribution is -2.06. The maximum Gasteiger partial charge on any atom is 0.303 e. The summed E-state index contributed by atoms with van der Waals surface area (Å²) in [5, 5.41) is 15.4. The molecule has 1 rings (SSSR count). The van der Waals surface area contributed by atoms with E-state index in [4.69, 9.17) is 27.7 Å². The number of carboxylic acids is 1. The lowest BCUT2D eigenvalue weighted by molar-refractivity contribution is -0.136. The van der Waals surface area contributed by atoms with Gasteiger partial charge in [-0.2, -0.15) is 0 Å². The number of ketones is 1. The van der Waals surface area contributed by atoms with Gasteiger partial charge in [0.05, 0.1) is 6.42 Å². The number of hydrogen-bond donors (Lipinski definition) is 2. The van der Waals surface area contributed by atoms with Gasteiger partial charge in [0.1, 0.15) is 0 Å². The second-order valence-electron chi connectivity index (χ2n) is 3.05. The van der Waals surface area contributed by atoms with Crippen molar-refractivity contribution < 1.29 is 14.7 Å². The Morgan fingerprint density at radius 1 is 1.35 bits per heavy atom. The number of anilines is 1. The van der Waals surface area contributed by atoms with E-state index in [9.17, 15) is 9.59 Å². The number of nitrogens with two attached hydrogens (primary N) is 1. The van der Waals surface area contributed by atoms with E-state index in [1.165, 1.54) is 12.1 Å². The standard InChI is InChI=1S/C10H10ClNO3.CHN/c11-6-1-2-7(8(12)5-6)9(13)3-4-10(14)15;1-2/h1-2,5H,3-4,12H2,(H,14,15);1H. The van der Waals surface area contributed by atoms with E-state index in [-0.39, 0.29) is 24.3 Å². The van der Waals surface area contributed by atoms with Gasteiger partial charge in [-0.05, 0) is 18.2 Å². The minimum Gasteiger partial charge on any atom is -0.481 e. The molecule has 0 aliphatic heterocycles. The Labute approximate surface area is 103 Å². The molecule has 1 aromatic rings. The van der Waals surface area contributed by atoms with Crippen LogP contribution in [0.5, 0.6) is 0 Å². The largest absolute Gasteiger partial charge is 0.481 e. The van der Waals surface area contributed by atoms with E-state index in [0.717, 1.165) is 0 Å². The zero-order valence-corrected chi connectivity index (χ0v) is 9.65. The van der Waals surface area contributed by atoms with Crippen LogP contribution in [0.15, 0.2) is 18.2 Å². The van der Waals surface area contributed by atoms with Crippen LogP contribution in [0.25, 0.3) is 0 Å². The Morgan fingerprint density at radius 3 is 2.41 bits per heavy atom. The van der Waals surface area contributed by atoms with Crippen LogP contribution in [0, 0.1) is 11.8 Å². The summed E-state index contributed by atoms with van der Waals surface area (Å²) in [7, 11) is 0. The van der Waals surface area contributed by atoms with Crippen LogP contribution in [0.1, 0.15) is 23.2 Å². The molecule has 5 nitrogen and oxygen atoms in total. The second kappa shape index (κ2) is 7.25. The van der Waals surface area contributed by atoms with Crippen LogP contribution >= 0.6 is 11.6 Å². The molecule has 0 aliphatic rings. The molecule has 0 spiro atoms. The number of benzene rings is 1. The summed E-state index contributed by atoms with van der Waals surface area (Å²) in [5.41, 5.74) is 6.17. The molecule has 6 heteroatoms. The van der Waals surface area contributed by atoms with Crippen molar-refractivity contribution in [3.8, 4) is 6.57 Å². The van der Waals surface area contributed by atoms with Crippen molar-refractivity contribution in [3.63, 3.8) is 0 Å². The van der Waals surface area contributed by atoms with Crippen LogP contribution in [-0.2, 0) is 4.79 Å². The summed E-state index contributed by atoms with van der Waals surface area (Å²) in [5.74, 6) is -1.29. The Bertz CT molecular complexity index is 444. The van der Waals surface area contributed by atoms with E-state index < -0.39 is 5.97 Å². The average molecular weight is 255 g/mol. The highest BCUT2D eigenvalue weighted by Crippen LogP contribution is 2.19. The molecular formula is C11H11ClN2O3. The molecule has 0 heterocycles. The first-order valence-corrected chi connectivity index (χ1v) is 4.94. The zero-order valence-electron chi connectivity index (χ0n) is 8.89. The van der Waals surface area contributed by atoms with Gasteiger partial charge in [0.25, 0.3) is 0 Å². The molecule has 0 saturated carbocycles. The van der Waals surface area contributed by atoms with Crippen LogP contribution in [0.3, 0.4) is 0 Å². The first kappa shape index (κ1) is 14.9. The van der Waals surface area contributed by atoms with E-state index in [2.05, 4.69) is 6.57 Å². The first-order chi connectivity index (χ1) is 8.00. The number of nitriles is 1. The number of rotatable bonds is 4. The minimum absolute atomic E-state index is 0.0544. The lowest BCUT2D eigenvalue weighted by atomic mass is 10.1. The van der Waals surface area contributed by atoms with Crippen molar-refractivity contribution in [2.45, 2.75) is 12.8 Å². The van der Waals surface area contributed by atoms with Gasteiger partial charge in [-0.25, -0.2) is 5.26 Å². The average Bonchev–Trinajstić information content (AvgIpc) is 2.28. The third kappa shape index (κ3) is 5.00. The van der Waals surface area contributed by atoms with Gasteiger partial charge in [0, 0.05) is 29.3 Å². The third-order valence-electron chi connectivity index (χ3n) is 1.88. The van der Waals surface area contributed by atoms with Gasteiger partial charge in [-0.3, -0.25) is 9.59 Å². The summed E-state index contributed by atoms with van der Waals surface area (Å²) in [6, 6.07) is 4.52. The molecule has 0 saturated heterocycles. The molecule has 0 atom stereocenters. The van der Waals surface area contributed by atoms with Crippen molar-refractivity contribution >= 4 is 29.0 Å². The monoisotopic (exact) mass is 254 g/mol. The molecule has 0 amide bonds. The fourth-order valence-corrected chi connectivity index (χ4v) is 1.32. The van der Waals surface area contributed by atoms with E-state index in [0.29, 0.717) is 10.6 Å². The van der Waals surface area contributed by atoms with Crippen LogP contribution in [0.4, 0.5) is 5.69 Å². The van der Waals surface area contributed by atoms with Crippen molar-refractivity contribution in [3.05, 3.63) is 28.8 Å². The fraction of sp³-hybridized carbons (Fsp3) is 0.182. The number of hydrogen-bond acceptors (Lipinski definition) is 4. The molecule has 0 unspecified atom stereocenters. The second-order valence-corrected chi connectivity index (χ2v) is 3.48. The Hall–Kier alpha value is -2.06. The maximum absolute atomic E-state index is 11.5. The Balaban J connectivity index is 0.00000121. The molecule has 17 heavy (non-hydrogen) atoms. The minimum atomic E-state index is -1.00. The van der Waals surface area contributed by atoms with Gasteiger partial charge in [-0.15, -0.1) is 0 Å². The number of carboxylic acid groups (broad SMARTS) is 1. The molecule has 1 aromatic carbocycles. The molecule has 0 fully saturated rings. The lowest BCUT2D eigenvalue weighted by Gasteiger charge is -2.03. The number of carbonyl (C=O) groups is 2. The summed E-state index contributed by atoms with van der Waals surface area (Å²) >= 11 is 5.66. The Morgan fingerprint density at radius 2 is 1.94 bits per heavy atom. The van der Waals surface area contributed by atoms with Crippen molar-refractivity contribution in [2.24, 2.45) is 0 Å². The number of aliphatic carboxylic acids is 1. The van der Waals surface area contributed by atoms with Crippen molar-refractivity contribution in [1.29, 1.82) is 5.26 Å². The normalized spacial score (nSPS) is 8.88. The highest BCUT2D eigenvalue weighted by molar-refractivity contribution is 6.31. The van der Waals surface area contributed by atoms with Crippen molar-refractivity contribution in [1.82, 2.24) is 0 Å². The molecule has 0 radical (unpaired) electrons. The van der Waals surface area contributed by atoms with E-state index >= 15 is 0 Å². The number of carbonyl (C=O) groups excluding carboxylic acids is 1. The summed E-state index contributed by atoms with van der Waals surface area (Å²) < 4.78 is 0. The van der Waals surface area contributed by atoms with Gasteiger partial charge in [0.15, 0.2) is 5.78 Å². The maximum atomic E-state index is 11.5. The van der Waals surface area contributed by atoms with E-state index in [1.807, 2.05) is 0 Å². The molecular weight excluding hydrogens is 244 g/mol. The molecule has 0 bridgehead atoms. The first-order valence-electron chi connectivity index (χ1n) is 4.56. The molecule has 0 aromatic heterocycles. The fourth-order valence-electron chi connectivity index (χ4n) is 1.14. The topological polar surface area (TPSA) is 104 Å². The highest BCUT2D eigenvalue weighted by atomic mass is 35.5. The zero-order chi connectivity index (χ0) is 13.4. The number of Topliss-reactive ketones (excluding diaryl/α,β-unsaturated/α-hetero) is 1. The SMILES string of the molecule is C#N.Nc1cc(Cl)ccc1C(=O)CCC(=O)O. The third-order valence-corrected chi connectivity index (χ3v) is 2.12. The molecule has 0 aliphatic carbocycles. The van der Waals surface area contributed by atoms with Crippen LogP contribution in [-0.4, -0.2) is 16.9 Å². The van der Waals surface area contributed by atoms with Gasteiger partial charge < -0.3 is 10.8 Å². The van der Waals surface area contributed by atoms with Crippen LogP contribution < -0.4 is 5.73 Å².